The van der Waals surface area contributed by atoms with Gasteiger partial charge in [0.2, 0.25) is 0 Å². The molecule has 0 saturated carbocycles. The molecule has 3 nitrogen and oxygen atoms in total. The van der Waals surface area contributed by atoms with Crippen molar-refractivity contribution >= 4 is 22.2 Å². The number of nitrogens with one attached hydrogen (secondary N) is 1. The van der Waals surface area contributed by atoms with Crippen LogP contribution in [0.4, 0.5) is 10.8 Å². The first-order chi connectivity index (χ1) is 9.02. The lowest BCUT2D eigenvalue weighted by Gasteiger charge is -2.16. The van der Waals surface area contributed by atoms with E-state index >= 15 is 0 Å². The zero-order valence-corrected chi connectivity index (χ0v) is 13.0. The third-order valence-electron chi connectivity index (χ3n) is 3.36. The number of aromatic nitrogens is 1. The van der Waals surface area contributed by atoms with Crippen molar-refractivity contribution in [2.75, 3.05) is 19.0 Å². The SMILES string of the molecule is CNC(C)c1sc(N(C)c2ccc(C)cc2)nc1C. The zero-order valence-electron chi connectivity index (χ0n) is 12.2. The molecule has 2 aromatic rings. The van der Waals surface area contributed by atoms with Gasteiger partial charge in [0.1, 0.15) is 0 Å². The van der Waals surface area contributed by atoms with Gasteiger partial charge in [-0.15, -0.1) is 0 Å². The largest absolute Gasteiger partial charge is 0.321 e. The first kappa shape index (κ1) is 14.0. The molecule has 2 rings (SSSR count). The van der Waals surface area contributed by atoms with E-state index in [0.29, 0.717) is 6.04 Å². The third-order valence-corrected chi connectivity index (χ3v) is 4.77. The monoisotopic (exact) mass is 275 g/mol. The lowest BCUT2D eigenvalue weighted by Crippen LogP contribution is -2.11. The van der Waals surface area contributed by atoms with Crippen LogP contribution in [0, 0.1) is 13.8 Å². The molecule has 0 radical (unpaired) electrons. The topological polar surface area (TPSA) is 28.2 Å². The number of anilines is 2. The second-order valence-electron chi connectivity index (χ2n) is 4.85. The molecule has 1 N–H and O–H groups in total. The molecule has 0 amide bonds. The van der Waals surface area contributed by atoms with Gasteiger partial charge in [-0.3, -0.25) is 0 Å². The first-order valence-electron chi connectivity index (χ1n) is 6.48. The van der Waals surface area contributed by atoms with Crippen LogP contribution in [-0.2, 0) is 0 Å². The predicted octanol–water partition coefficient (Wildman–Crippen LogP) is 3.81. The van der Waals surface area contributed by atoms with Gasteiger partial charge < -0.3 is 10.2 Å². The number of nitrogens with zero attached hydrogens (tertiary/aromatic N) is 2. The summed E-state index contributed by atoms with van der Waals surface area (Å²) >= 11 is 1.75. The Hall–Kier alpha value is -1.39. The summed E-state index contributed by atoms with van der Waals surface area (Å²) in [6.07, 6.45) is 0. The Bertz CT molecular complexity index is 545. The Morgan fingerprint density at radius 3 is 2.42 bits per heavy atom. The fraction of sp³-hybridized carbons (Fsp3) is 0.400. The standard InChI is InChI=1S/C15H21N3S/c1-10-6-8-13(9-7-10)18(5)15-17-12(3)14(19-15)11(2)16-4/h6-9,11,16H,1-5H3. The molecule has 0 aliphatic rings. The highest BCUT2D eigenvalue weighted by molar-refractivity contribution is 7.15. The highest BCUT2D eigenvalue weighted by atomic mass is 32.1. The van der Waals surface area contributed by atoms with Gasteiger partial charge in [-0.05, 0) is 40.0 Å². The molecule has 19 heavy (non-hydrogen) atoms. The van der Waals surface area contributed by atoms with Gasteiger partial charge >= 0.3 is 0 Å². The van der Waals surface area contributed by atoms with Crippen molar-refractivity contribution in [2.45, 2.75) is 26.8 Å². The maximum Gasteiger partial charge on any atom is 0.190 e. The summed E-state index contributed by atoms with van der Waals surface area (Å²) in [5.41, 5.74) is 3.56. The van der Waals surface area contributed by atoms with Gasteiger partial charge in [0, 0.05) is 23.7 Å². The van der Waals surface area contributed by atoms with Crippen LogP contribution in [0.25, 0.3) is 0 Å². The van der Waals surface area contributed by atoms with Crippen molar-refractivity contribution in [2.24, 2.45) is 0 Å². The van der Waals surface area contributed by atoms with Crippen molar-refractivity contribution in [3.8, 4) is 0 Å². The van der Waals surface area contributed by atoms with Gasteiger partial charge in [0.25, 0.3) is 0 Å². The van der Waals surface area contributed by atoms with Crippen molar-refractivity contribution in [3.05, 3.63) is 40.4 Å². The van der Waals surface area contributed by atoms with E-state index in [2.05, 4.69) is 67.3 Å². The first-order valence-corrected chi connectivity index (χ1v) is 7.29. The molecule has 0 aliphatic heterocycles. The van der Waals surface area contributed by atoms with Gasteiger partial charge in [-0.25, -0.2) is 4.98 Å². The van der Waals surface area contributed by atoms with E-state index in [-0.39, 0.29) is 0 Å². The van der Waals surface area contributed by atoms with Crippen LogP contribution in [0.1, 0.15) is 29.1 Å². The summed E-state index contributed by atoms with van der Waals surface area (Å²) in [5, 5.41) is 4.31. The summed E-state index contributed by atoms with van der Waals surface area (Å²) < 4.78 is 0. The minimum absolute atomic E-state index is 0.345. The van der Waals surface area contributed by atoms with Crippen molar-refractivity contribution < 1.29 is 0 Å². The summed E-state index contributed by atoms with van der Waals surface area (Å²) in [6, 6.07) is 8.87. The lowest BCUT2D eigenvalue weighted by molar-refractivity contribution is 0.658. The molecule has 0 fully saturated rings. The Morgan fingerprint density at radius 1 is 1.21 bits per heavy atom. The fourth-order valence-corrected chi connectivity index (χ4v) is 3.06. The number of rotatable bonds is 4. The molecule has 102 valence electrons. The van der Waals surface area contributed by atoms with Gasteiger partial charge in [0.05, 0.1) is 5.69 Å². The van der Waals surface area contributed by atoms with Crippen molar-refractivity contribution in [1.82, 2.24) is 10.3 Å². The summed E-state index contributed by atoms with van der Waals surface area (Å²) in [4.78, 5) is 8.13. The Labute approximate surface area is 119 Å². The van der Waals surface area contributed by atoms with Crippen LogP contribution in [0.15, 0.2) is 24.3 Å². The summed E-state index contributed by atoms with van der Waals surface area (Å²) in [7, 11) is 4.05. The maximum atomic E-state index is 4.68. The quantitative estimate of drug-likeness (QED) is 0.919. The second kappa shape index (κ2) is 5.72. The molecule has 1 aromatic heterocycles. The molecular formula is C15H21N3S. The van der Waals surface area contributed by atoms with E-state index in [4.69, 9.17) is 0 Å². The Balaban J connectivity index is 2.29. The van der Waals surface area contributed by atoms with Gasteiger partial charge in [0.15, 0.2) is 5.13 Å². The molecule has 0 bridgehead atoms. The molecule has 1 heterocycles. The lowest BCUT2D eigenvalue weighted by atomic mass is 10.2. The van der Waals surface area contributed by atoms with Crippen LogP contribution in [-0.4, -0.2) is 19.1 Å². The number of hydrogen-bond donors (Lipinski definition) is 1. The van der Waals surface area contributed by atoms with Crippen LogP contribution in [0.2, 0.25) is 0 Å². The molecular weight excluding hydrogens is 254 g/mol. The minimum Gasteiger partial charge on any atom is -0.321 e. The van der Waals surface area contributed by atoms with E-state index in [1.54, 1.807) is 11.3 Å². The van der Waals surface area contributed by atoms with Crippen LogP contribution in [0.5, 0.6) is 0 Å². The minimum atomic E-state index is 0.345. The molecule has 1 unspecified atom stereocenters. The highest BCUT2D eigenvalue weighted by Crippen LogP contribution is 2.33. The summed E-state index contributed by atoms with van der Waals surface area (Å²) in [6.45, 7) is 6.34. The third kappa shape index (κ3) is 2.96. The van der Waals surface area contributed by atoms with Gasteiger partial charge in [-0.1, -0.05) is 29.0 Å². The Kier molecular flexibility index (Phi) is 4.22. The number of benzene rings is 1. The van der Waals surface area contributed by atoms with Gasteiger partial charge in [-0.2, -0.15) is 0 Å². The molecule has 0 spiro atoms. The number of hydrogen-bond acceptors (Lipinski definition) is 4. The van der Waals surface area contributed by atoms with E-state index in [9.17, 15) is 0 Å². The molecule has 1 atom stereocenters. The van der Waals surface area contributed by atoms with E-state index < -0.39 is 0 Å². The average molecular weight is 275 g/mol. The second-order valence-corrected chi connectivity index (χ2v) is 5.86. The van der Waals surface area contributed by atoms with E-state index in [1.165, 1.54) is 16.1 Å². The van der Waals surface area contributed by atoms with E-state index in [1.807, 2.05) is 7.05 Å². The Morgan fingerprint density at radius 2 is 1.84 bits per heavy atom. The molecule has 0 saturated heterocycles. The molecule has 4 heteroatoms. The predicted molar refractivity (Wildman–Crippen MR) is 83.6 cm³/mol. The molecule has 0 aliphatic carbocycles. The number of thiazole rings is 1. The van der Waals surface area contributed by atoms with Crippen LogP contribution in [0.3, 0.4) is 0 Å². The smallest absolute Gasteiger partial charge is 0.190 e. The summed E-state index contributed by atoms with van der Waals surface area (Å²) in [5.74, 6) is 0. The number of aryl methyl sites for hydroxylation is 2. The van der Waals surface area contributed by atoms with E-state index in [0.717, 1.165) is 10.8 Å². The normalized spacial score (nSPS) is 12.5. The average Bonchev–Trinajstić information content (AvgIpc) is 2.80. The van der Waals surface area contributed by atoms with Crippen molar-refractivity contribution in [1.29, 1.82) is 0 Å². The van der Waals surface area contributed by atoms with Crippen LogP contribution >= 0.6 is 11.3 Å². The van der Waals surface area contributed by atoms with Crippen molar-refractivity contribution in [3.63, 3.8) is 0 Å². The molecule has 1 aromatic carbocycles. The fourth-order valence-electron chi connectivity index (χ4n) is 1.95. The maximum absolute atomic E-state index is 4.68. The van der Waals surface area contributed by atoms with Crippen LogP contribution < -0.4 is 10.2 Å². The highest BCUT2D eigenvalue weighted by Gasteiger charge is 2.15. The zero-order chi connectivity index (χ0) is 14.0.